The second-order valence-corrected chi connectivity index (χ2v) is 3.49. The van der Waals surface area contributed by atoms with Crippen LogP contribution in [0.1, 0.15) is 71.9 Å². The van der Waals surface area contributed by atoms with Crippen LogP contribution in [0, 0.1) is 0 Å². The number of aryl methyl sites for hydroxylation is 1. The molecule has 1 aromatic carbocycles. The number of hydrogen-bond acceptors (Lipinski definition) is 0. The molecule has 0 heterocycles. The summed E-state index contributed by atoms with van der Waals surface area (Å²) in [5.41, 5.74) is 3.16. The summed E-state index contributed by atoms with van der Waals surface area (Å²) in [7, 11) is 0. The van der Waals surface area contributed by atoms with Gasteiger partial charge in [0.1, 0.15) is 0 Å². The Kier molecular flexibility index (Phi) is 11.8. The van der Waals surface area contributed by atoms with Gasteiger partial charge < -0.3 is 0 Å². The molecule has 0 bridgehead atoms. The SMILES string of the molecule is C.CC.CC.CC1CCCc2ccccc21. The van der Waals surface area contributed by atoms with Crippen molar-refractivity contribution in [1.82, 2.24) is 0 Å². The number of rotatable bonds is 0. The third-order valence-corrected chi connectivity index (χ3v) is 2.67. The van der Waals surface area contributed by atoms with Gasteiger partial charge >= 0.3 is 0 Å². The average molecular weight is 222 g/mol. The first-order valence-corrected chi connectivity index (χ1v) is 6.46. The zero-order valence-corrected chi connectivity index (χ0v) is 11.0. The molecule has 0 aromatic heterocycles. The summed E-state index contributed by atoms with van der Waals surface area (Å²) in [6, 6.07) is 8.85. The van der Waals surface area contributed by atoms with Crippen LogP contribution in [-0.4, -0.2) is 0 Å². The number of fused-ring (bicyclic) bond motifs is 1. The Bertz CT molecular complexity index is 250. The Morgan fingerprint density at radius 1 is 1.00 bits per heavy atom. The van der Waals surface area contributed by atoms with Crippen LogP contribution in [0.15, 0.2) is 24.3 Å². The van der Waals surface area contributed by atoms with E-state index in [-0.39, 0.29) is 7.43 Å². The predicted molar refractivity (Wildman–Crippen MR) is 77.2 cm³/mol. The van der Waals surface area contributed by atoms with Crippen molar-refractivity contribution in [2.45, 2.75) is 67.2 Å². The average Bonchev–Trinajstić information content (AvgIpc) is 2.35. The zero-order valence-electron chi connectivity index (χ0n) is 11.0. The van der Waals surface area contributed by atoms with Gasteiger partial charge in [-0.2, -0.15) is 0 Å². The van der Waals surface area contributed by atoms with E-state index in [1.807, 2.05) is 27.7 Å². The summed E-state index contributed by atoms with van der Waals surface area (Å²) < 4.78 is 0. The van der Waals surface area contributed by atoms with E-state index >= 15 is 0 Å². The Balaban J connectivity index is 0. The molecule has 0 N–H and O–H groups in total. The molecular formula is C16H30. The molecule has 1 atom stereocenters. The zero-order chi connectivity index (χ0) is 11.7. The summed E-state index contributed by atoms with van der Waals surface area (Å²) in [4.78, 5) is 0. The molecule has 1 aromatic rings. The molecule has 0 saturated carbocycles. The molecule has 0 saturated heterocycles. The Morgan fingerprint density at radius 2 is 1.56 bits per heavy atom. The van der Waals surface area contributed by atoms with E-state index in [1.165, 1.54) is 19.3 Å². The normalized spacial score (nSPS) is 16.4. The van der Waals surface area contributed by atoms with E-state index in [9.17, 15) is 0 Å². The summed E-state index contributed by atoms with van der Waals surface area (Å²) in [6.07, 6.45) is 4.04. The van der Waals surface area contributed by atoms with Gasteiger partial charge in [0.15, 0.2) is 0 Å². The monoisotopic (exact) mass is 222 g/mol. The molecule has 0 aliphatic heterocycles. The molecule has 0 spiro atoms. The van der Waals surface area contributed by atoms with Gasteiger partial charge in [-0.15, -0.1) is 0 Å². The molecule has 0 fully saturated rings. The Labute approximate surface area is 103 Å². The van der Waals surface area contributed by atoms with Gasteiger partial charge in [-0.1, -0.05) is 66.3 Å². The maximum Gasteiger partial charge on any atom is -0.0188 e. The molecule has 2 rings (SSSR count). The lowest BCUT2D eigenvalue weighted by Gasteiger charge is -2.21. The van der Waals surface area contributed by atoms with Crippen molar-refractivity contribution < 1.29 is 0 Å². The molecule has 1 aliphatic carbocycles. The molecular weight excluding hydrogens is 192 g/mol. The highest BCUT2D eigenvalue weighted by atomic mass is 14.2. The fourth-order valence-electron chi connectivity index (χ4n) is 2.00. The van der Waals surface area contributed by atoms with Crippen molar-refractivity contribution in [1.29, 1.82) is 0 Å². The molecule has 0 radical (unpaired) electrons. The first-order chi connectivity index (χ1) is 7.38. The van der Waals surface area contributed by atoms with Gasteiger partial charge in [0, 0.05) is 0 Å². The third-order valence-electron chi connectivity index (χ3n) is 2.67. The van der Waals surface area contributed by atoms with E-state index in [4.69, 9.17) is 0 Å². The fourth-order valence-corrected chi connectivity index (χ4v) is 2.00. The summed E-state index contributed by atoms with van der Waals surface area (Å²) in [5.74, 6) is 0.792. The smallest absolute Gasteiger partial charge is 0.0188 e. The van der Waals surface area contributed by atoms with Crippen molar-refractivity contribution >= 4 is 0 Å². The Hall–Kier alpha value is -0.780. The lowest BCUT2D eigenvalue weighted by Crippen LogP contribution is -2.05. The van der Waals surface area contributed by atoms with Crippen LogP contribution >= 0.6 is 0 Å². The Morgan fingerprint density at radius 3 is 2.12 bits per heavy atom. The highest BCUT2D eigenvalue weighted by Gasteiger charge is 2.14. The van der Waals surface area contributed by atoms with E-state index in [0.717, 1.165) is 5.92 Å². The van der Waals surface area contributed by atoms with Crippen molar-refractivity contribution in [3.63, 3.8) is 0 Å². The highest BCUT2D eigenvalue weighted by Crippen LogP contribution is 2.30. The van der Waals surface area contributed by atoms with E-state index in [2.05, 4.69) is 31.2 Å². The number of hydrogen-bond donors (Lipinski definition) is 0. The first-order valence-electron chi connectivity index (χ1n) is 6.46. The van der Waals surface area contributed by atoms with Gasteiger partial charge in [0.05, 0.1) is 0 Å². The van der Waals surface area contributed by atoms with Crippen LogP contribution in [0.2, 0.25) is 0 Å². The molecule has 0 amide bonds. The molecule has 16 heavy (non-hydrogen) atoms. The maximum atomic E-state index is 2.33. The van der Waals surface area contributed by atoms with Crippen LogP contribution in [0.5, 0.6) is 0 Å². The maximum absolute atomic E-state index is 2.33. The van der Waals surface area contributed by atoms with Crippen LogP contribution in [0.3, 0.4) is 0 Å². The van der Waals surface area contributed by atoms with E-state index in [0.29, 0.717) is 0 Å². The van der Waals surface area contributed by atoms with Gasteiger partial charge in [0.25, 0.3) is 0 Å². The summed E-state index contributed by atoms with van der Waals surface area (Å²) in [5, 5.41) is 0. The minimum atomic E-state index is 0. The fraction of sp³-hybridized carbons (Fsp3) is 0.625. The first kappa shape index (κ1) is 17.6. The topological polar surface area (TPSA) is 0 Å². The highest BCUT2D eigenvalue weighted by molar-refractivity contribution is 5.31. The lowest BCUT2D eigenvalue weighted by atomic mass is 9.84. The van der Waals surface area contributed by atoms with Crippen LogP contribution in [0.4, 0.5) is 0 Å². The largest absolute Gasteiger partial charge is 0.0776 e. The molecule has 0 nitrogen and oxygen atoms in total. The van der Waals surface area contributed by atoms with Crippen molar-refractivity contribution in [3.05, 3.63) is 35.4 Å². The van der Waals surface area contributed by atoms with Crippen molar-refractivity contribution in [3.8, 4) is 0 Å². The summed E-state index contributed by atoms with van der Waals surface area (Å²) in [6.45, 7) is 10.3. The van der Waals surface area contributed by atoms with Crippen molar-refractivity contribution in [2.24, 2.45) is 0 Å². The molecule has 0 heteroatoms. The lowest BCUT2D eigenvalue weighted by molar-refractivity contribution is 0.590. The van der Waals surface area contributed by atoms with E-state index in [1.54, 1.807) is 11.1 Å². The van der Waals surface area contributed by atoms with Gasteiger partial charge in [-0.3, -0.25) is 0 Å². The third kappa shape index (κ3) is 4.83. The molecule has 94 valence electrons. The predicted octanol–water partition coefficient (Wildman–Crippen LogP) is 5.81. The van der Waals surface area contributed by atoms with E-state index < -0.39 is 0 Å². The van der Waals surface area contributed by atoms with Gasteiger partial charge in [0.2, 0.25) is 0 Å². The molecule has 1 aliphatic rings. The standard InChI is InChI=1S/C11H14.2C2H6.CH4/c1-9-5-4-7-10-6-2-3-8-11(9)10;2*1-2;/h2-3,6,8-9H,4-5,7H2,1H3;2*1-2H3;1H4. The van der Waals surface area contributed by atoms with Gasteiger partial charge in [-0.25, -0.2) is 0 Å². The number of benzene rings is 1. The van der Waals surface area contributed by atoms with Crippen LogP contribution < -0.4 is 0 Å². The van der Waals surface area contributed by atoms with Crippen LogP contribution in [0.25, 0.3) is 0 Å². The quantitative estimate of drug-likeness (QED) is 0.519. The summed E-state index contributed by atoms with van der Waals surface area (Å²) >= 11 is 0. The van der Waals surface area contributed by atoms with Gasteiger partial charge in [-0.05, 0) is 36.3 Å². The minimum absolute atomic E-state index is 0. The second kappa shape index (κ2) is 10.7. The minimum Gasteiger partial charge on any atom is -0.0776 e. The van der Waals surface area contributed by atoms with Crippen molar-refractivity contribution in [2.75, 3.05) is 0 Å². The second-order valence-electron chi connectivity index (χ2n) is 3.49. The molecule has 1 unspecified atom stereocenters. The van der Waals surface area contributed by atoms with Crippen LogP contribution in [-0.2, 0) is 6.42 Å².